The van der Waals surface area contributed by atoms with Gasteiger partial charge in [-0.15, -0.1) is 12.4 Å². The molecule has 2 N–H and O–H groups in total. The number of nitrogens with zero attached hydrogens (tertiary/aromatic N) is 2. The van der Waals surface area contributed by atoms with Crippen molar-refractivity contribution >= 4 is 29.9 Å². The molecule has 0 bridgehead atoms. The van der Waals surface area contributed by atoms with Crippen LogP contribution in [0.4, 0.5) is 5.69 Å². The highest BCUT2D eigenvalue weighted by Gasteiger charge is 2.24. The predicted molar refractivity (Wildman–Crippen MR) is 101 cm³/mol. The largest absolute Gasteiger partial charge is 0.368 e. The maximum Gasteiger partial charge on any atom is 0.242 e. The fraction of sp³-hybridized carbons (Fsp3) is 0.556. The van der Waals surface area contributed by atoms with Gasteiger partial charge in [0.15, 0.2) is 0 Å². The van der Waals surface area contributed by atoms with Gasteiger partial charge in [0, 0.05) is 37.8 Å². The lowest BCUT2D eigenvalue weighted by atomic mass is 9.97. The van der Waals surface area contributed by atoms with Crippen molar-refractivity contribution in [1.82, 2.24) is 15.5 Å². The van der Waals surface area contributed by atoms with Crippen molar-refractivity contribution in [2.75, 3.05) is 50.7 Å². The number of hydrogen-bond acceptors (Lipinski definition) is 4. The number of rotatable bonds is 4. The Morgan fingerprint density at radius 1 is 1.04 bits per heavy atom. The second-order valence-corrected chi connectivity index (χ2v) is 6.45. The van der Waals surface area contributed by atoms with E-state index in [1.54, 1.807) is 0 Å². The van der Waals surface area contributed by atoms with E-state index in [0.717, 1.165) is 39.0 Å². The minimum absolute atomic E-state index is 0. The third-order valence-electron chi connectivity index (χ3n) is 4.88. The number of para-hydroxylation sites is 1. The van der Waals surface area contributed by atoms with E-state index in [4.69, 9.17) is 0 Å². The van der Waals surface area contributed by atoms with Gasteiger partial charge in [-0.2, -0.15) is 0 Å². The summed E-state index contributed by atoms with van der Waals surface area (Å²) >= 11 is 0. The van der Waals surface area contributed by atoms with Gasteiger partial charge in [-0.3, -0.25) is 9.59 Å². The summed E-state index contributed by atoms with van der Waals surface area (Å²) < 4.78 is 0. The van der Waals surface area contributed by atoms with Crippen LogP contribution in [0, 0.1) is 5.92 Å². The van der Waals surface area contributed by atoms with Gasteiger partial charge in [-0.05, 0) is 38.1 Å². The van der Waals surface area contributed by atoms with Gasteiger partial charge in [0.1, 0.15) is 0 Å². The Kier molecular flexibility index (Phi) is 7.52. The quantitative estimate of drug-likeness (QED) is 0.830. The Morgan fingerprint density at radius 2 is 1.68 bits per heavy atom. The fourth-order valence-corrected chi connectivity index (χ4v) is 3.36. The Labute approximate surface area is 155 Å². The standard InChI is InChI=1S/C18H26N4O2.ClH/c23-17(14-20-18(24)15-6-8-19-9-7-15)22-12-10-21(11-13-22)16-4-2-1-3-5-16;/h1-5,15,19H,6-14H2,(H,20,24);1H. The summed E-state index contributed by atoms with van der Waals surface area (Å²) in [5.74, 6) is 0.0896. The van der Waals surface area contributed by atoms with Gasteiger partial charge in [0.25, 0.3) is 0 Å². The molecule has 2 fully saturated rings. The van der Waals surface area contributed by atoms with Gasteiger partial charge in [0.2, 0.25) is 11.8 Å². The molecule has 0 aliphatic carbocycles. The highest BCUT2D eigenvalue weighted by molar-refractivity contribution is 5.86. The molecule has 0 atom stereocenters. The third-order valence-corrected chi connectivity index (χ3v) is 4.88. The SMILES string of the molecule is Cl.O=C(NCC(=O)N1CCN(c2ccccc2)CC1)C1CCNCC1. The van der Waals surface area contributed by atoms with Gasteiger partial charge < -0.3 is 20.4 Å². The van der Waals surface area contributed by atoms with Crippen LogP contribution in [0.15, 0.2) is 30.3 Å². The Hall–Kier alpha value is -1.79. The molecule has 0 unspecified atom stereocenters. The number of carbonyl (C=O) groups is 2. The van der Waals surface area contributed by atoms with Crippen LogP contribution >= 0.6 is 12.4 Å². The zero-order valence-electron chi connectivity index (χ0n) is 14.4. The van der Waals surface area contributed by atoms with Crippen molar-refractivity contribution in [2.45, 2.75) is 12.8 Å². The van der Waals surface area contributed by atoms with Crippen LogP contribution in [-0.4, -0.2) is 62.5 Å². The maximum absolute atomic E-state index is 12.3. The summed E-state index contributed by atoms with van der Waals surface area (Å²) in [6.45, 7) is 4.96. The first-order valence-corrected chi connectivity index (χ1v) is 8.80. The molecule has 1 aromatic carbocycles. The van der Waals surface area contributed by atoms with Crippen LogP contribution < -0.4 is 15.5 Å². The molecule has 1 aromatic rings. The summed E-state index contributed by atoms with van der Waals surface area (Å²) in [5.41, 5.74) is 1.20. The monoisotopic (exact) mass is 366 g/mol. The first-order chi connectivity index (χ1) is 11.7. The van der Waals surface area contributed by atoms with E-state index < -0.39 is 0 Å². The van der Waals surface area contributed by atoms with Crippen LogP contribution in [0.2, 0.25) is 0 Å². The van der Waals surface area contributed by atoms with Crippen LogP contribution in [0.3, 0.4) is 0 Å². The fourth-order valence-electron chi connectivity index (χ4n) is 3.36. The summed E-state index contributed by atoms with van der Waals surface area (Å²) in [7, 11) is 0. The van der Waals surface area contributed by atoms with E-state index in [1.165, 1.54) is 5.69 Å². The van der Waals surface area contributed by atoms with E-state index in [9.17, 15) is 9.59 Å². The predicted octanol–water partition coefficient (Wildman–Crippen LogP) is 0.873. The number of amides is 2. The first-order valence-electron chi connectivity index (χ1n) is 8.80. The second-order valence-electron chi connectivity index (χ2n) is 6.45. The number of benzene rings is 1. The minimum Gasteiger partial charge on any atom is -0.368 e. The lowest BCUT2D eigenvalue weighted by molar-refractivity contribution is -0.134. The van der Waals surface area contributed by atoms with Crippen molar-refractivity contribution in [1.29, 1.82) is 0 Å². The molecule has 2 amide bonds. The Bertz CT molecular complexity index is 555. The molecule has 3 rings (SSSR count). The van der Waals surface area contributed by atoms with Gasteiger partial charge in [-0.1, -0.05) is 18.2 Å². The topological polar surface area (TPSA) is 64.7 Å². The zero-order valence-corrected chi connectivity index (χ0v) is 15.3. The van der Waals surface area contributed by atoms with E-state index in [0.29, 0.717) is 13.1 Å². The van der Waals surface area contributed by atoms with Gasteiger partial charge in [0.05, 0.1) is 6.54 Å². The average molecular weight is 367 g/mol. The van der Waals surface area contributed by atoms with Crippen molar-refractivity contribution in [3.05, 3.63) is 30.3 Å². The van der Waals surface area contributed by atoms with E-state index in [-0.39, 0.29) is 36.7 Å². The highest BCUT2D eigenvalue weighted by atomic mass is 35.5. The molecule has 138 valence electrons. The van der Waals surface area contributed by atoms with Crippen LogP contribution in [-0.2, 0) is 9.59 Å². The van der Waals surface area contributed by atoms with Crippen molar-refractivity contribution in [3.63, 3.8) is 0 Å². The Morgan fingerprint density at radius 3 is 2.32 bits per heavy atom. The van der Waals surface area contributed by atoms with Gasteiger partial charge in [-0.25, -0.2) is 0 Å². The maximum atomic E-state index is 12.3. The lowest BCUT2D eigenvalue weighted by Gasteiger charge is -2.36. The second kappa shape index (κ2) is 9.63. The first kappa shape index (κ1) is 19.5. The molecule has 2 aliphatic rings. The normalized spacial score (nSPS) is 18.4. The van der Waals surface area contributed by atoms with Crippen LogP contribution in [0.5, 0.6) is 0 Å². The van der Waals surface area contributed by atoms with Crippen molar-refractivity contribution < 1.29 is 9.59 Å². The minimum atomic E-state index is 0. The molecule has 0 saturated carbocycles. The summed E-state index contributed by atoms with van der Waals surface area (Å²) in [4.78, 5) is 28.6. The van der Waals surface area contributed by atoms with E-state index in [1.807, 2.05) is 23.1 Å². The zero-order chi connectivity index (χ0) is 16.8. The molecule has 25 heavy (non-hydrogen) atoms. The van der Waals surface area contributed by atoms with Crippen molar-refractivity contribution in [2.24, 2.45) is 5.92 Å². The van der Waals surface area contributed by atoms with Crippen LogP contribution in [0.1, 0.15) is 12.8 Å². The molecule has 0 spiro atoms. The van der Waals surface area contributed by atoms with Crippen LogP contribution in [0.25, 0.3) is 0 Å². The number of carbonyl (C=O) groups excluding carboxylic acids is 2. The Balaban J connectivity index is 0.00000225. The van der Waals surface area contributed by atoms with Crippen molar-refractivity contribution in [3.8, 4) is 0 Å². The molecule has 2 heterocycles. The smallest absolute Gasteiger partial charge is 0.242 e. The third kappa shape index (κ3) is 5.34. The number of anilines is 1. The summed E-state index contributed by atoms with van der Waals surface area (Å²) in [6.07, 6.45) is 1.71. The molecule has 2 saturated heterocycles. The van der Waals surface area contributed by atoms with E-state index in [2.05, 4.69) is 27.7 Å². The molecule has 0 radical (unpaired) electrons. The molecule has 6 nitrogen and oxygen atoms in total. The molecule has 7 heteroatoms. The molecule has 2 aliphatic heterocycles. The highest BCUT2D eigenvalue weighted by Crippen LogP contribution is 2.15. The number of nitrogens with one attached hydrogen (secondary N) is 2. The van der Waals surface area contributed by atoms with Gasteiger partial charge >= 0.3 is 0 Å². The number of halogens is 1. The average Bonchev–Trinajstić information content (AvgIpc) is 2.67. The molecule has 0 aromatic heterocycles. The molecular weight excluding hydrogens is 340 g/mol. The molecular formula is C18H27ClN4O2. The number of piperazine rings is 1. The lowest BCUT2D eigenvalue weighted by Crippen LogP contribution is -2.51. The summed E-state index contributed by atoms with van der Waals surface area (Å²) in [6, 6.07) is 10.3. The number of hydrogen-bond donors (Lipinski definition) is 2. The summed E-state index contributed by atoms with van der Waals surface area (Å²) in [5, 5.41) is 6.06. The number of piperidine rings is 1. The van der Waals surface area contributed by atoms with E-state index >= 15 is 0 Å².